The van der Waals surface area contributed by atoms with Gasteiger partial charge in [0.1, 0.15) is 0 Å². The lowest BCUT2D eigenvalue weighted by molar-refractivity contribution is 0.589. The van der Waals surface area contributed by atoms with Crippen molar-refractivity contribution in [2.24, 2.45) is 0 Å². The summed E-state index contributed by atoms with van der Waals surface area (Å²) in [6.07, 6.45) is 1.57. The van der Waals surface area contributed by atoms with Crippen molar-refractivity contribution in [1.82, 2.24) is 3.97 Å². The lowest BCUT2D eigenvalue weighted by Gasteiger charge is -2.08. The highest BCUT2D eigenvalue weighted by atomic mass is 32.2. The first-order valence-electron chi connectivity index (χ1n) is 6.96. The Morgan fingerprint density at radius 2 is 1.87 bits per heavy atom. The van der Waals surface area contributed by atoms with Crippen LogP contribution in [0.5, 0.6) is 0 Å². The van der Waals surface area contributed by atoms with Crippen molar-refractivity contribution in [1.29, 1.82) is 5.26 Å². The van der Waals surface area contributed by atoms with Gasteiger partial charge >= 0.3 is 0 Å². The van der Waals surface area contributed by atoms with Crippen LogP contribution in [0.4, 0.5) is 0 Å². The van der Waals surface area contributed by atoms with Crippen molar-refractivity contribution in [3.63, 3.8) is 0 Å². The zero-order chi connectivity index (χ0) is 16.4. The van der Waals surface area contributed by atoms with Gasteiger partial charge in [-0.1, -0.05) is 23.8 Å². The summed E-state index contributed by atoms with van der Waals surface area (Å²) in [6.45, 7) is 1.92. The highest BCUT2D eigenvalue weighted by molar-refractivity contribution is 7.99. The van der Waals surface area contributed by atoms with E-state index in [1.54, 1.807) is 42.6 Å². The van der Waals surface area contributed by atoms with E-state index < -0.39 is 10.0 Å². The molecule has 0 saturated carbocycles. The van der Waals surface area contributed by atoms with Gasteiger partial charge in [0, 0.05) is 16.5 Å². The van der Waals surface area contributed by atoms with E-state index in [0.29, 0.717) is 11.3 Å². The summed E-state index contributed by atoms with van der Waals surface area (Å²) < 4.78 is 27.0. The van der Waals surface area contributed by atoms with Gasteiger partial charge in [0.2, 0.25) is 0 Å². The molecule has 0 amide bonds. The monoisotopic (exact) mass is 342 g/mol. The molecule has 2 aromatic carbocycles. The van der Waals surface area contributed by atoms with Crippen LogP contribution in [0.15, 0.2) is 64.5 Å². The van der Waals surface area contributed by atoms with Crippen molar-refractivity contribution in [2.75, 3.05) is 5.75 Å². The molecule has 0 bridgehead atoms. The summed E-state index contributed by atoms with van der Waals surface area (Å²) in [4.78, 5) is 1.16. The molecule has 0 aliphatic rings. The smallest absolute Gasteiger partial charge is 0.241 e. The molecule has 116 valence electrons. The van der Waals surface area contributed by atoms with Gasteiger partial charge in [0.15, 0.2) is 0 Å². The highest BCUT2D eigenvalue weighted by Gasteiger charge is 2.19. The van der Waals surface area contributed by atoms with Crippen molar-refractivity contribution in [3.05, 3.63) is 60.3 Å². The SMILES string of the molecule is Cc1ccc(S(=O)(=O)n2ccc3c(SCC#N)cccc32)cc1. The van der Waals surface area contributed by atoms with E-state index in [4.69, 9.17) is 5.26 Å². The van der Waals surface area contributed by atoms with E-state index in [2.05, 4.69) is 6.07 Å². The number of benzene rings is 2. The van der Waals surface area contributed by atoms with Gasteiger partial charge < -0.3 is 0 Å². The molecule has 0 aliphatic heterocycles. The Morgan fingerprint density at radius 3 is 2.57 bits per heavy atom. The number of thioether (sulfide) groups is 1. The van der Waals surface area contributed by atoms with Crippen LogP contribution in [0.2, 0.25) is 0 Å². The highest BCUT2D eigenvalue weighted by Crippen LogP contribution is 2.30. The van der Waals surface area contributed by atoms with Crippen molar-refractivity contribution < 1.29 is 8.42 Å². The molecule has 0 saturated heterocycles. The topological polar surface area (TPSA) is 62.9 Å². The quantitative estimate of drug-likeness (QED) is 0.677. The lowest BCUT2D eigenvalue weighted by Crippen LogP contribution is -2.11. The van der Waals surface area contributed by atoms with Gasteiger partial charge in [0.05, 0.1) is 22.2 Å². The molecule has 0 unspecified atom stereocenters. The summed E-state index contributed by atoms with van der Waals surface area (Å²) in [5.74, 6) is 0.328. The molecule has 4 nitrogen and oxygen atoms in total. The summed E-state index contributed by atoms with van der Waals surface area (Å²) in [6, 6.07) is 16.1. The Balaban J connectivity index is 2.13. The van der Waals surface area contributed by atoms with Crippen LogP contribution in [0.3, 0.4) is 0 Å². The number of nitrogens with zero attached hydrogens (tertiary/aromatic N) is 2. The molecule has 0 radical (unpaired) electrons. The molecular weight excluding hydrogens is 328 g/mol. The number of aryl methyl sites for hydroxylation is 1. The number of nitriles is 1. The van der Waals surface area contributed by atoms with E-state index in [-0.39, 0.29) is 4.90 Å². The number of aromatic nitrogens is 1. The van der Waals surface area contributed by atoms with E-state index >= 15 is 0 Å². The van der Waals surface area contributed by atoms with Crippen LogP contribution in [-0.2, 0) is 10.0 Å². The molecule has 0 N–H and O–H groups in total. The largest absolute Gasteiger partial charge is 0.268 e. The predicted molar refractivity (Wildman–Crippen MR) is 92.0 cm³/mol. The standard InChI is InChI=1S/C17H14N2O2S2/c1-13-5-7-14(8-6-13)23(20,21)19-11-9-15-16(19)3-2-4-17(15)22-12-10-18/h2-9,11H,12H2,1H3. The van der Waals surface area contributed by atoms with Crippen LogP contribution in [-0.4, -0.2) is 18.1 Å². The molecule has 3 rings (SSSR count). The summed E-state index contributed by atoms with van der Waals surface area (Å²) >= 11 is 1.40. The van der Waals surface area contributed by atoms with Crippen molar-refractivity contribution in [2.45, 2.75) is 16.7 Å². The Labute approximate surface area is 139 Å². The number of hydrogen-bond donors (Lipinski definition) is 0. The lowest BCUT2D eigenvalue weighted by atomic mass is 10.2. The third-order valence-corrected chi connectivity index (χ3v) is 6.17. The fraction of sp³-hybridized carbons (Fsp3) is 0.118. The maximum Gasteiger partial charge on any atom is 0.268 e. The van der Waals surface area contributed by atoms with Crippen LogP contribution in [0, 0.1) is 18.3 Å². The maximum absolute atomic E-state index is 12.8. The van der Waals surface area contributed by atoms with Crippen molar-refractivity contribution >= 4 is 32.7 Å². The van der Waals surface area contributed by atoms with Crippen molar-refractivity contribution in [3.8, 4) is 6.07 Å². The molecular formula is C17H14N2O2S2. The van der Waals surface area contributed by atoms with Gasteiger partial charge in [-0.05, 0) is 37.3 Å². The van der Waals surface area contributed by atoms with Gasteiger partial charge in [-0.15, -0.1) is 11.8 Å². The molecule has 0 spiro atoms. The van der Waals surface area contributed by atoms with Gasteiger partial charge in [-0.2, -0.15) is 5.26 Å². The van der Waals surface area contributed by atoms with E-state index in [1.807, 2.05) is 19.1 Å². The Kier molecular flexibility index (Phi) is 4.16. The molecule has 6 heteroatoms. The van der Waals surface area contributed by atoms with Crippen LogP contribution in [0.25, 0.3) is 10.9 Å². The molecule has 23 heavy (non-hydrogen) atoms. The number of hydrogen-bond acceptors (Lipinski definition) is 4. The number of fused-ring (bicyclic) bond motifs is 1. The first kappa shape index (κ1) is 15.7. The first-order chi connectivity index (χ1) is 11.0. The molecule has 0 aliphatic carbocycles. The summed E-state index contributed by atoms with van der Waals surface area (Å²) in [5.41, 5.74) is 1.63. The van der Waals surface area contributed by atoms with Crippen LogP contribution < -0.4 is 0 Å². The van der Waals surface area contributed by atoms with Gasteiger partial charge in [-0.25, -0.2) is 12.4 Å². The number of rotatable bonds is 4. The molecule has 1 heterocycles. The second-order valence-corrected chi connectivity index (χ2v) is 7.90. The second kappa shape index (κ2) is 6.11. The second-order valence-electron chi connectivity index (χ2n) is 5.07. The Morgan fingerprint density at radius 1 is 1.13 bits per heavy atom. The zero-order valence-corrected chi connectivity index (χ0v) is 14.1. The third-order valence-electron chi connectivity index (χ3n) is 3.53. The fourth-order valence-corrected chi connectivity index (χ4v) is 4.45. The van der Waals surface area contributed by atoms with Gasteiger partial charge in [0.25, 0.3) is 10.0 Å². The summed E-state index contributed by atoms with van der Waals surface area (Å²) in [7, 11) is -3.63. The van der Waals surface area contributed by atoms with E-state index in [9.17, 15) is 8.42 Å². The molecule has 1 aromatic heterocycles. The average Bonchev–Trinajstić information content (AvgIpc) is 2.98. The van der Waals surface area contributed by atoms with Gasteiger partial charge in [-0.3, -0.25) is 0 Å². The molecule has 0 fully saturated rings. The van der Waals surface area contributed by atoms with E-state index in [0.717, 1.165) is 15.8 Å². The summed E-state index contributed by atoms with van der Waals surface area (Å²) in [5, 5.41) is 9.57. The Hall–Kier alpha value is -2.23. The minimum absolute atomic E-state index is 0.260. The first-order valence-corrected chi connectivity index (χ1v) is 9.38. The maximum atomic E-state index is 12.8. The zero-order valence-electron chi connectivity index (χ0n) is 12.4. The third kappa shape index (κ3) is 2.85. The van der Waals surface area contributed by atoms with Crippen LogP contribution >= 0.6 is 11.8 Å². The minimum atomic E-state index is -3.63. The van der Waals surface area contributed by atoms with E-state index in [1.165, 1.54) is 15.7 Å². The van der Waals surface area contributed by atoms with Crippen LogP contribution in [0.1, 0.15) is 5.56 Å². The molecule has 3 aromatic rings. The Bertz CT molecular complexity index is 997. The normalized spacial score (nSPS) is 11.5. The minimum Gasteiger partial charge on any atom is -0.241 e. The predicted octanol–water partition coefficient (Wildman–Crippen LogP) is 3.80. The average molecular weight is 342 g/mol. The fourth-order valence-electron chi connectivity index (χ4n) is 2.38. The molecule has 0 atom stereocenters.